The summed E-state index contributed by atoms with van der Waals surface area (Å²) in [6.45, 7) is 0.344. The minimum absolute atomic E-state index is 0.141. The molecule has 1 aliphatic carbocycles. The highest BCUT2D eigenvalue weighted by molar-refractivity contribution is 5.49. The molecule has 1 aliphatic heterocycles. The van der Waals surface area contributed by atoms with Crippen LogP contribution >= 0.6 is 0 Å². The second-order valence-electron chi connectivity index (χ2n) is 5.91. The van der Waals surface area contributed by atoms with Crippen molar-refractivity contribution in [3.63, 3.8) is 0 Å². The number of aliphatic hydroxyl groups is 1. The number of halogens is 4. The summed E-state index contributed by atoms with van der Waals surface area (Å²) in [5, 5.41) is 10.5. The van der Waals surface area contributed by atoms with E-state index in [0.717, 1.165) is 19.3 Å². The Balaban J connectivity index is 1.93. The number of fused-ring (bicyclic) bond motifs is 1. The number of pyridine rings is 1. The molecule has 3 nitrogen and oxygen atoms in total. The maximum absolute atomic E-state index is 13.8. The van der Waals surface area contributed by atoms with Gasteiger partial charge in [0.1, 0.15) is 5.69 Å². The summed E-state index contributed by atoms with van der Waals surface area (Å²) in [6, 6.07) is 0. The number of hydrogen-bond donors (Lipinski definition) is 1. The number of hydrogen-bond acceptors (Lipinski definition) is 3. The van der Waals surface area contributed by atoms with Gasteiger partial charge in [0, 0.05) is 19.0 Å². The summed E-state index contributed by atoms with van der Waals surface area (Å²) in [5.41, 5.74) is -1.54. The lowest BCUT2D eigenvalue weighted by Crippen LogP contribution is -2.53. The van der Waals surface area contributed by atoms with E-state index in [1.54, 1.807) is 0 Å². The van der Waals surface area contributed by atoms with Gasteiger partial charge in [0.15, 0.2) is 0 Å². The van der Waals surface area contributed by atoms with E-state index in [2.05, 4.69) is 4.98 Å². The van der Waals surface area contributed by atoms with E-state index in [9.17, 15) is 22.7 Å². The second-order valence-corrected chi connectivity index (χ2v) is 5.91. The molecule has 2 atom stereocenters. The van der Waals surface area contributed by atoms with Gasteiger partial charge in [0.2, 0.25) is 11.6 Å². The molecule has 2 heterocycles. The predicted octanol–water partition coefficient (Wildman–Crippen LogP) is 2.77. The molecule has 1 saturated heterocycles. The molecule has 1 aromatic rings. The summed E-state index contributed by atoms with van der Waals surface area (Å²) >= 11 is 0. The molecule has 1 N–H and O–H groups in total. The van der Waals surface area contributed by atoms with Crippen LogP contribution in [-0.4, -0.2) is 28.8 Å². The van der Waals surface area contributed by atoms with Crippen LogP contribution in [0.3, 0.4) is 0 Å². The van der Waals surface area contributed by atoms with Gasteiger partial charge in [-0.05, 0) is 19.3 Å². The van der Waals surface area contributed by atoms with Crippen LogP contribution in [0.4, 0.5) is 23.2 Å². The minimum atomic E-state index is -1.65. The van der Waals surface area contributed by atoms with Crippen molar-refractivity contribution < 1.29 is 22.7 Å². The monoisotopic (exact) mass is 304 g/mol. The van der Waals surface area contributed by atoms with E-state index in [1.165, 1.54) is 4.90 Å². The lowest BCUT2D eigenvalue weighted by molar-refractivity contribution is -0.0614. The van der Waals surface area contributed by atoms with Crippen molar-refractivity contribution in [2.24, 2.45) is 5.92 Å². The van der Waals surface area contributed by atoms with Crippen molar-refractivity contribution >= 4 is 5.69 Å². The first-order valence-corrected chi connectivity index (χ1v) is 7.10. The Morgan fingerprint density at radius 3 is 2.38 bits per heavy atom. The van der Waals surface area contributed by atoms with Crippen LogP contribution in [0.2, 0.25) is 0 Å². The lowest BCUT2D eigenvalue weighted by Gasteiger charge is -2.48. The van der Waals surface area contributed by atoms with Crippen molar-refractivity contribution in [2.45, 2.75) is 37.7 Å². The Bertz CT molecular complexity index is 542. The average Bonchev–Trinajstić information content (AvgIpc) is 2.45. The third-order valence-electron chi connectivity index (χ3n) is 4.72. The summed E-state index contributed by atoms with van der Waals surface area (Å²) in [7, 11) is 0. The van der Waals surface area contributed by atoms with Crippen LogP contribution in [0.1, 0.15) is 32.1 Å². The average molecular weight is 304 g/mol. The molecule has 7 heteroatoms. The van der Waals surface area contributed by atoms with Crippen LogP contribution in [0.5, 0.6) is 0 Å². The normalized spacial score (nSPS) is 29.4. The van der Waals surface area contributed by atoms with Crippen molar-refractivity contribution in [3.8, 4) is 0 Å². The van der Waals surface area contributed by atoms with Gasteiger partial charge >= 0.3 is 0 Å². The van der Waals surface area contributed by atoms with Crippen LogP contribution in [0.15, 0.2) is 0 Å². The van der Waals surface area contributed by atoms with E-state index >= 15 is 0 Å². The quantitative estimate of drug-likeness (QED) is 0.640. The van der Waals surface area contributed by atoms with Crippen LogP contribution in [0, 0.1) is 29.4 Å². The van der Waals surface area contributed by atoms with Crippen molar-refractivity contribution in [2.75, 3.05) is 18.0 Å². The minimum Gasteiger partial charge on any atom is -0.389 e. The largest absolute Gasteiger partial charge is 0.389 e. The first-order valence-electron chi connectivity index (χ1n) is 7.10. The molecule has 0 amide bonds. The molecule has 0 spiro atoms. The molecule has 0 radical (unpaired) electrons. The van der Waals surface area contributed by atoms with Gasteiger partial charge in [-0.2, -0.15) is 22.5 Å². The van der Waals surface area contributed by atoms with Crippen LogP contribution in [-0.2, 0) is 0 Å². The zero-order valence-electron chi connectivity index (χ0n) is 11.4. The fourth-order valence-electron chi connectivity index (χ4n) is 3.53. The lowest BCUT2D eigenvalue weighted by atomic mass is 9.71. The van der Waals surface area contributed by atoms with Gasteiger partial charge in [-0.1, -0.05) is 12.8 Å². The molecule has 1 saturated carbocycles. The molecule has 0 aromatic carbocycles. The zero-order valence-corrected chi connectivity index (χ0v) is 11.4. The van der Waals surface area contributed by atoms with Crippen molar-refractivity contribution in [1.82, 2.24) is 4.98 Å². The topological polar surface area (TPSA) is 36.4 Å². The van der Waals surface area contributed by atoms with E-state index in [-0.39, 0.29) is 19.0 Å². The standard InChI is InChI=1S/C14H16F4N2O/c15-9-11(10(16)13(18)19-12(9)17)20-6-5-14(21)4-2-1-3-8(14)7-20/h8,21H,1-7H2. The van der Waals surface area contributed by atoms with E-state index < -0.39 is 34.8 Å². The van der Waals surface area contributed by atoms with Gasteiger partial charge in [-0.15, -0.1) is 0 Å². The number of anilines is 1. The Morgan fingerprint density at radius 2 is 1.71 bits per heavy atom. The number of nitrogens with zero attached hydrogens (tertiary/aromatic N) is 2. The van der Waals surface area contributed by atoms with Gasteiger partial charge in [-0.3, -0.25) is 0 Å². The third-order valence-corrected chi connectivity index (χ3v) is 4.72. The molecule has 116 valence electrons. The molecule has 1 aromatic heterocycles. The second kappa shape index (κ2) is 5.12. The molecule has 3 rings (SSSR count). The highest BCUT2D eigenvalue weighted by atomic mass is 19.2. The van der Waals surface area contributed by atoms with E-state index in [4.69, 9.17) is 0 Å². The molecule has 2 unspecified atom stereocenters. The third kappa shape index (κ3) is 2.37. The molecular formula is C14H16F4N2O. The first kappa shape index (κ1) is 14.6. The number of rotatable bonds is 1. The fraction of sp³-hybridized carbons (Fsp3) is 0.643. The smallest absolute Gasteiger partial charge is 0.253 e. The van der Waals surface area contributed by atoms with Crippen molar-refractivity contribution in [1.29, 1.82) is 0 Å². The maximum atomic E-state index is 13.8. The summed E-state index contributed by atoms with van der Waals surface area (Å²) in [6.07, 6.45) is 3.60. The zero-order chi connectivity index (χ0) is 15.2. The van der Waals surface area contributed by atoms with Gasteiger partial charge in [-0.25, -0.2) is 0 Å². The van der Waals surface area contributed by atoms with E-state index in [0.29, 0.717) is 12.8 Å². The SMILES string of the molecule is OC12CCCCC1CN(c1c(F)c(F)nc(F)c1F)CC2. The summed E-state index contributed by atoms with van der Waals surface area (Å²) in [4.78, 5) is 3.84. The summed E-state index contributed by atoms with van der Waals surface area (Å²) < 4.78 is 54.0. The Hall–Kier alpha value is -1.37. The molecular weight excluding hydrogens is 288 g/mol. The number of piperidine rings is 1. The maximum Gasteiger partial charge on any atom is 0.253 e. The van der Waals surface area contributed by atoms with Gasteiger partial charge in [0.05, 0.1) is 5.60 Å². The molecule has 2 fully saturated rings. The number of aromatic nitrogens is 1. The Labute approximate surface area is 119 Å². The highest BCUT2D eigenvalue weighted by Gasteiger charge is 2.44. The van der Waals surface area contributed by atoms with E-state index in [1.807, 2.05) is 0 Å². The van der Waals surface area contributed by atoms with Gasteiger partial charge in [0.25, 0.3) is 11.9 Å². The highest BCUT2D eigenvalue weighted by Crippen LogP contribution is 2.41. The Morgan fingerprint density at radius 1 is 1.05 bits per heavy atom. The fourth-order valence-corrected chi connectivity index (χ4v) is 3.53. The van der Waals surface area contributed by atoms with Crippen molar-refractivity contribution in [3.05, 3.63) is 23.5 Å². The molecule has 0 bridgehead atoms. The Kier molecular flexibility index (Phi) is 3.55. The summed E-state index contributed by atoms with van der Waals surface area (Å²) in [5.74, 6) is -6.38. The predicted molar refractivity (Wildman–Crippen MR) is 67.8 cm³/mol. The van der Waals surface area contributed by atoms with Crippen LogP contribution < -0.4 is 4.90 Å². The first-order chi connectivity index (χ1) is 9.92. The van der Waals surface area contributed by atoms with Gasteiger partial charge < -0.3 is 10.0 Å². The molecule has 21 heavy (non-hydrogen) atoms. The molecule has 2 aliphatic rings. The van der Waals surface area contributed by atoms with Crippen LogP contribution in [0.25, 0.3) is 0 Å².